The third-order valence-corrected chi connectivity index (χ3v) is 5.05. The second-order valence-corrected chi connectivity index (χ2v) is 6.88. The molecule has 21 heavy (non-hydrogen) atoms. The topological polar surface area (TPSA) is 48.1 Å². The van der Waals surface area contributed by atoms with Crippen LogP contribution in [0.2, 0.25) is 0 Å². The Bertz CT molecular complexity index is 556. The first-order chi connectivity index (χ1) is 10.1. The summed E-state index contributed by atoms with van der Waals surface area (Å²) in [4.78, 5) is 5.55. The van der Waals surface area contributed by atoms with E-state index in [0.717, 1.165) is 28.6 Å². The van der Waals surface area contributed by atoms with Crippen molar-refractivity contribution in [1.29, 1.82) is 0 Å². The van der Waals surface area contributed by atoms with Gasteiger partial charge < -0.3 is 10.5 Å². The summed E-state index contributed by atoms with van der Waals surface area (Å²) in [7, 11) is 0. The van der Waals surface area contributed by atoms with E-state index in [1.807, 2.05) is 24.6 Å². The number of ether oxygens (including phenoxy) is 1. The van der Waals surface area contributed by atoms with E-state index in [9.17, 15) is 0 Å². The maximum atomic E-state index is 6.23. The Hall–Kier alpha value is -0.750. The smallest absolute Gasteiger partial charge is 0.0975 e. The number of nitrogens with two attached hydrogens (primary N) is 1. The largest absolute Gasteiger partial charge is 0.372 e. The molecule has 0 saturated carbocycles. The molecule has 0 spiro atoms. The molecular formula is C16H21BrN2OS. The number of hydrogen-bond acceptors (Lipinski definition) is 4. The number of rotatable bonds is 7. The zero-order chi connectivity index (χ0) is 15.2. The van der Waals surface area contributed by atoms with E-state index in [1.165, 1.54) is 4.88 Å². The van der Waals surface area contributed by atoms with Gasteiger partial charge in [0.15, 0.2) is 0 Å². The van der Waals surface area contributed by atoms with Gasteiger partial charge in [0.2, 0.25) is 0 Å². The fourth-order valence-corrected chi connectivity index (χ4v) is 3.21. The highest BCUT2D eigenvalue weighted by atomic mass is 79.9. The third-order valence-electron chi connectivity index (χ3n) is 3.53. The van der Waals surface area contributed by atoms with Gasteiger partial charge in [-0.25, -0.2) is 4.98 Å². The van der Waals surface area contributed by atoms with Crippen molar-refractivity contribution in [2.75, 3.05) is 6.61 Å². The maximum Gasteiger partial charge on any atom is 0.0975 e. The van der Waals surface area contributed by atoms with Crippen molar-refractivity contribution < 1.29 is 4.74 Å². The van der Waals surface area contributed by atoms with Crippen LogP contribution in [0, 0.1) is 6.92 Å². The van der Waals surface area contributed by atoms with Crippen LogP contribution in [0.1, 0.15) is 35.6 Å². The lowest BCUT2D eigenvalue weighted by atomic mass is 10.0. The first-order valence-electron chi connectivity index (χ1n) is 7.13. The van der Waals surface area contributed by atoms with Crippen LogP contribution in [-0.4, -0.2) is 17.6 Å². The van der Waals surface area contributed by atoms with E-state index in [-0.39, 0.29) is 12.1 Å². The molecule has 1 heterocycles. The molecule has 5 heteroatoms. The predicted molar refractivity (Wildman–Crippen MR) is 91.7 cm³/mol. The Morgan fingerprint density at radius 1 is 1.33 bits per heavy atom. The van der Waals surface area contributed by atoms with Gasteiger partial charge in [-0.3, -0.25) is 0 Å². The van der Waals surface area contributed by atoms with Gasteiger partial charge >= 0.3 is 0 Å². The monoisotopic (exact) mass is 368 g/mol. The van der Waals surface area contributed by atoms with Crippen LogP contribution in [0.4, 0.5) is 0 Å². The number of hydrogen-bond donors (Lipinski definition) is 1. The normalized spacial score (nSPS) is 14.1. The van der Waals surface area contributed by atoms with Crippen LogP contribution in [0.3, 0.4) is 0 Å². The van der Waals surface area contributed by atoms with Gasteiger partial charge in [-0.15, -0.1) is 11.3 Å². The lowest BCUT2D eigenvalue weighted by molar-refractivity contribution is 0.0356. The van der Waals surface area contributed by atoms with Crippen LogP contribution >= 0.6 is 27.3 Å². The quantitative estimate of drug-likeness (QED) is 0.794. The second kappa shape index (κ2) is 8.03. The summed E-state index contributed by atoms with van der Waals surface area (Å²) in [5.74, 6) is 0. The van der Waals surface area contributed by atoms with Gasteiger partial charge in [0, 0.05) is 21.8 Å². The van der Waals surface area contributed by atoms with Crippen LogP contribution in [-0.2, 0) is 11.2 Å². The Morgan fingerprint density at radius 2 is 2.05 bits per heavy atom. The number of aromatic nitrogens is 1. The number of halogens is 1. The first-order valence-corrected chi connectivity index (χ1v) is 8.80. The molecule has 0 amide bonds. The van der Waals surface area contributed by atoms with Gasteiger partial charge in [-0.2, -0.15) is 0 Å². The summed E-state index contributed by atoms with van der Waals surface area (Å²) >= 11 is 5.14. The highest BCUT2D eigenvalue weighted by Crippen LogP contribution is 2.24. The Balaban J connectivity index is 2.00. The molecule has 0 aliphatic rings. The van der Waals surface area contributed by atoms with Crippen molar-refractivity contribution in [3.63, 3.8) is 0 Å². The molecule has 2 atom stereocenters. The number of nitrogens with zero attached hydrogens (tertiary/aromatic N) is 1. The summed E-state index contributed by atoms with van der Waals surface area (Å²) in [5, 5.41) is 0. The van der Waals surface area contributed by atoms with E-state index in [0.29, 0.717) is 6.61 Å². The molecule has 3 nitrogen and oxygen atoms in total. The molecule has 0 fully saturated rings. The lowest BCUT2D eigenvalue weighted by Crippen LogP contribution is -2.30. The molecule has 0 radical (unpaired) electrons. The minimum atomic E-state index is -0.0590. The van der Waals surface area contributed by atoms with E-state index in [2.05, 4.69) is 40.0 Å². The number of thiazole rings is 1. The zero-order valence-corrected chi connectivity index (χ0v) is 14.8. The average Bonchev–Trinajstić information content (AvgIpc) is 2.89. The molecule has 2 aromatic rings. The van der Waals surface area contributed by atoms with Crippen molar-refractivity contribution in [2.45, 2.75) is 38.8 Å². The number of aryl methyl sites for hydroxylation is 1. The molecule has 0 aliphatic carbocycles. The molecule has 2 unspecified atom stereocenters. The van der Waals surface area contributed by atoms with Crippen molar-refractivity contribution in [2.24, 2.45) is 5.73 Å². The van der Waals surface area contributed by atoms with E-state index in [4.69, 9.17) is 10.5 Å². The molecule has 0 aliphatic heterocycles. The summed E-state index contributed by atoms with van der Waals surface area (Å²) < 4.78 is 7.15. The van der Waals surface area contributed by atoms with Crippen LogP contribution in [0.5, 0.6) is 0 Å². The van der Waals surface area contributed by atoms with Gasteiger partial charge in [0.1, 0.15) is 0 Å². The lowest BCUT2D eigenvalue weighted by Gasteiger charge is -2.24. The fraction of sp³-hybridized carbons (Fsp3) is 0.438. The molecule has 2 N–H and O–H groups in total. The molecule has 0 bridgehead atoms. The van der Waals surface area contributed by atoms with Gasteiger partial charge in [0.25, 0.3) is 0 Å². The molecule has 1 aromatic carbocycles. The standard InChI is InChI=1S/C16H21BrN2OS/c1-3-14(18)16(12-4-6-13(17)7-5-12)20-9-8-15-11(2)19-10-21-15/h4-7,10,14,16H,3,8-9,18H2,1-2H3. The number of benzene rings is 1. The van der Waals surface area contributed by atoms with E-state index < -0.39 is 0 Å². The first kappa shape index (κ1) is 16.6. The zero-order valence-electron chi connectivity index (χ0n) is 12.4. The van der Waals surface area contributed by atoms with Crippen LogP contribution in [0.25, 0.3) is 0 Å². The third kappa shape index (κ3) is 4.61. The van der Waals surface area contributed by atoms with Gasteiger partial charge in [-0.05, 0) is 31.0 Å². The Labute approximate surface area is 138 Å². The van der Waals surface area contributed by atoms with Crippen molar-refractivity contribution in [3.05, 3.63) is 50.4 Å². The van der Waals surface area contributed by atoms with Crippen molar-refractivity contribution >= 4 is 27.3 Å². The SMILES string of the molecule is CCC(N)C(OCCc1scnc1C)c1ccc(Br)cc1. The minimum absolute atomic E-state index is 0.00809. The molecular weight excluding hydrogens is 348 g/mol. The molecule has 114 valence electrons. The maximum absolute atomic E-state index is 6.23. The predicted octanol–water partition coefficient (Wildman–Crippen LogP) is 4.25. The second-order valence-electron chi connectivity index (χ2n) is 5.03. The Kier molecular flexibility index (Phi) is 6.36. The minimum Gasteiger partial charge on any atom is -0.372 e. The van der Waals surface area contributed by atoms with Crippen LogP contribution in [0.15, 0.2) is 34.2 Å². The van der Waals surface area contributed by atoms with Crippen LogP contribution < -0.4 is 5.73 Å². The fourth-order valence-electron chi connectivity index (χ4n) is 2.18. The summed E-state index contributed by atoms with van der Waals surface area (Å²) in [5.41, 5.74) is 10.3. The van der Waals surface area contributed by atoms with Crippen molar-refractivity contribution in [3.8, 4) is 0 Å². The van der Waals surface area contributed by atoms with E-state index in [1.54, 1.807) is 11.3 Å². The highest BCUT2D eigenvalue weighted by molar-refractivity contribution is 9.10. The highest BCUT2D eigenvalue weighted by Gasteiger charge is 2.19. The summed E-state index contributed by atoms with van der Waals surface area (Å²) in [6.45, 7) is 4.79. The van der Waals surface area contributed by atoms with Gasteiger partial charge in [0.05, 0.1) is 23.9 Å². The molecule has 2 rings (SSSR count). The summed E-state index contributed by atoms with van der Waals surface area (Å²) in [6, 6.07) is 8.21. The van der Waals surface area contributed by atoms with E-state index >= 15 is 0 Å². The summed E-state index contributed by atoms with van der Waals surface area (Å²) in [6.07, 6.45) is 1.72. The average molecular weight is 369 g/mol. The van der Waals surface area contributed by atoms with Gasteiger partial charge in [-0.1, -0.05) is 35.0 Å². The molecule has 0 saturated heterocycles. The Morgan fingerprint density at radius 3 is 2.62 bits per heavy atom. The molecule has 1 aromatic heterocycles. The van der Waals surface area contributed by atoms with Crippen molar-refractivity contribution in [1.82, 2.24) is 4.98 Å².